The Kier molecular flexibility index (Phi) is 3.01. The molecule has 1 aliphatic rings. The first-order valence-corrected chi connectivity index (χ1v) is 6.30. The summed E-state index contributed by atoms with van der Waals surface area (Å²) < 4.78 is 34.3. The average molecular weight is 273 g/mol. The summed E-state index contributed by atoms with van der Waals surface area (Å²) in [6.07, 6.45) is -0.360. The molecule has 0 saturated heterocycles. The number of nitrogens with zero attached hydrogens (tertiary/aromatic N) is 1. The predicted molar refractivity (Wildman–Crippen MR) is 73.7 cm³/mol. The molecule has 0 fully saturated rings. The molecule has 4 heteroatoms. The van der Waals surface area contributed by atoms with E-state index in [0.717, 1.165) is 0 Å². The van der Waals surface area contributed by atoms with E-state index in [2.05, 4.69) is 4.99 Å². The number of para-hydroxylation sites is 1. The summed E-state index contributed by atoms with van der Waals surface area (Å²) in [5.74, 6) is -2.74. The number of methoxy groups -OCH3 is 1. The third kappa shape index (κ3) is 2.07. The van der Waals surface area contributed by atoms with Gasteiger partial charge in [0.2, 0.25) is 5.90 Å². The molecule has 0 aliphatic carbocycles. The van der Waals surface area contributed by atoms with E-state index in [1.165, 1.54) is 13.2 Å². The zero-order chi connectivity index (χ0) is 14.2. The van der Waals surface area contributed by atoms with Gasteiger partial charge >= 0.3 is 0 Å². The van der Waals surface area contributed by atoms with Crippen LogP contribution in [0.2, 0.25) is 0 Å². The highest BCUT2D eigenvalue weighted by atomic mass is 19.3. The quantitative estimate of drug-likeness (QED) is 0.709. The zero-order valence-corrected chi connectivity index (χ0v) is 10.9. The van der Waals surface area contributed by atoms with Gasteiger partial charge in [-0.1, -0.05) is 36.4 Å². The van der Waals surface area contributed by atoms with Gasteiger partial charge in [-0.15, -0.1) is 0 Å². The van der Waals surface area contributed by atoms with Crippen LogP contribution in [0.15, 0.2) is 53.5 Å². The van der Waals surface area contributed by atoms with Crippen LogP contribution in [0.1, 0.15) is 16.7 Å². The minimum absolute atomic E-state index is 0.0462. The second kappa shape index (κ2) is 4.71. The van der Waals surface area contributed by atoms with Gasteiger partial charge in [0.1, 0.15) is 0 Å². The molecule has 2 aromatic rings. The van der Waals surface area contributed by atoms with E-state index in [0.29, 0.717) is 16.8 Å². The van der Waals surface area contributed by atoms with Gasteiger partial charge in [0.25, 0.3) is 5.92 Å². The number of ether oxygens (including phenoxy) is 1. The van der Waals surface area contributed by atoms with Crippen molar-refractivity contribution in [3.8, 4) is 0 Å². The predicted octanol–water partition coefficient (Wildman–Crippen LogP) is 4.06. The van der Waals surface area contributed by atoms with Crippen molar-refractivity contribution < 1.29 is 13.5 Å². The van der Waals surface area contributed by atoms with Gasteiger partial charge in [0.05, 0.1) is 12.8 Å². The van der Waals surface area contributed by atoms with Gasteiger partial charge in [0, 0.05) is 17.5 Å². The molecular weight excluding hydrogens is 260 g/mol. The Labute approximate surface area is 115 Å². The molecule has 3 rings (SSSR count). The highest BCUT2D eigenvalue weighted by Gasteiger charge is 2.37. The van der Waals surface area contributed by atoms with Crippen molar-refractivity contribution in [1.29, 1.82) is 0 Å². The largest absolute Gasteiger partial charge is 0.481 e. The first-order valence-electron chi connectivity index (χ1n) is 6.30. The van der Waals surface area contributed by atoms with E-state index < -0.39 is 5.92 Å². The molecule has 102 valence electrons. The summed E-state index contributed by atoms with van der Waals surface area (Å²) in [5.41, 5.74) is 1.34. The van der Waals surface area contributed by atoms with Crippen LogP contribution in [-0.4, -0.2) is 13.0 Å². The lowest BCUT2D eigenvalue weighted by Gasteiger charge is -2.23. The number of benzene rings is 2. The van der Waals surface area contributed by atoms with Crippen molar-refractivity contribution in [3.05, 3.63) is 65.2 Å². The van der Waals surface area contributed by atoms with Crippen LogP contribution in [0.4, 0.5) is 14.5 Å². The van der Waals surface area contributed by atoms with Crippen molar-refractivity contribution in [2.75, 3.05) is 7.11 Å². The lowest BCUT2D eigenvalue weighted by atomic mass is 9.94. The number of fused-ring (bicyclic) bond motifs is 2. The van der Waals surface area contributed by atoms with Crippen LogP contribution in [0.5, 0.6) is 0 Å². The topological polar surface area (TPSA) is 21.6 Å². The molecule has 20 heavy (non-hydrogen) atoms. The summed E-state index contributed by atoms with van der Waals surface area (Å²) in [7, 11) is 1.44. The minimum Gasteiger partial charge on any atom is -0.481 e. The maximum absolute atomic E-state index is 14.5. The molecule has 0 atom stereocenters. The Morgan fingerprint density at radius 2 is 1.75 bits per heavy atom. The summed E-state index contributed by atoms with van der Waals surface area (Å²) in [4.78, 5) is 4.39. The summed E-state index contributed by atoms with van der Waals surface area (Å²) in [6.45, 7) is 0. The Hall–Kier alpha value is -2.23. The van der Waals surface area contributed by atoms with Gasteiger partial charge in [-0.05, 0) is 17.7 Å². The molecule has 2 nitrogen and oxygen atoms in total. The van der Waals surface area contributed by atoms with E-state index in [1.807, 2.05) is 0 Å². The van der Waals surface area contributed by atoms with Gasteiger partial charge in [0.15, 0.2) is 0 Å². The number of halogens is 2. The third-order valence-electron chi connectivity index (χ3n) is 3.37. The molecule has 0 amide bonds. The average Bonchev–Trinajstić information content (AvgIpc) is 2.45. The molecule has 0 radical (unpaired) electrons. The minimum atomic E-state index is -2.95. The molecule has 0 N–H and O–H groups in total. The molecule has 2 aromatic carbocycles. The van der Waals surface area contributed by atoms with Crippen LogP contribution < -0.4 is 0 Å². The van der Waals surface area contributed by atoms with Crippen LogP contribution >= 0.6 is 0 Å². The monoisotopic (exact) mass is 273 g/mol. The van der Waals surface area contributed by atoms with Gasteiger partial charge in [-0.3, -0.25) is 0 Å². The first-order chi connectivity index (χ1) is 9.62. The molecule has 0 unspecified atom stereocenters. The van der Waals surface area contributed by atoms with Gasteiger partial charge in [-0.2, -0.15) is 0 Å². The van der Waals surface area contributed by atoms with Gasteiger partial charge in [-0.25, -0.2) is 13.8 Å². The van der Waals surface area contributed by atoms with Crippen molar-refractivity contribution in [1.82, 2.24) is 0 Å². The zero-order valence-electron chi connectivity index (χ0n) is 10.9. The van der Waals surface area contributed by atoms with Crippen LogP contribution in [-0.2, 0) is 17.1 Å². The van der Waals surface area contributed by atoms with Crippen molar-refractivity contribution in [2.24, 2.45) is 4.99 Å². The summed E-state index contributed by atoms with van der Waals surface area (Å²) in [5, 5.41) is 0. The van der Waals surface area contributed by atoms with Crippen molar-refractivity contribution in [3.63, 3.8) is 0 Å². The summed E-state index contributed by atoms with van der Waals surface area (Å²) >= 11 is 0. The number of rotatable bonds is 0. The Morgan fingerprint density at radius 3 is 2.55 bits per heavy atom. The van der Waals surface area contributed by atoms with E-state index in [9.17, 15) is 8.78 Å². The van der Waals surface area contributed by atoms with Crippen LogP contribution in [0.3, 0.4) is 0 Å². The Bertz CT molecular complexity index is 680. The highest BCUT2D eigenvalue weighted by molar-refractivity contribution is 5.98. The SMILES string of the molecule is COC1=Nc2ccccc2CC(F)(F)c2ccccc21. The Morgan fingerprint density at radius 1 is 1.05 bits per heavy atom. The fourth-order valence-corrected chi connectivity index (χ4v) is 2.42. The molecule has 0 spiro atoms. The molecule has 0 bridgehead atoms. The number of aliphatic imine (C=N–C) groups is 1. The Balaban J connectivity index is 2.30. The highest BCUT2D eigenvalue weighted by Crippen LogP contribution is 2.39. The number of alkyl halides is 2. The van der Waals surface area contributed by atoms with E-state index in [4.69, 9.17) is 4.74 Å². The molecule has 1 heterocycles. The van der Waals surface area contributed by atoms with Crippen LogP contribution in [0.25, 0.3) is 0 Å². The van der Waals surface area contributed by atoms with Crippen molar-refractivity contribution in [2.45, 2.75) is 12.3 Å². The fraction of sp³-hybridized carbons (Fsp3) is 0.188. The standard InChI is InChI=1S/C16H13F2NO/c1-20-15-12-7-3-4-8-13(12)16(17,18)10-11-6-2-5-9-14(11)19-15/h2-9H,10H2,1H3. The van der Waals surface area contributed by atoms with Crippen LogP contribution in [0, 0.1) is 0 Å². The third-order valence-corrected chi connectivity index (χ3v) is 3.37. The normalized spacial score (nSPS) is 16.2. The smallest absolute Gasteiger partial charge is 0.278 e. The molecule has 0 saturated carbocycles. The second-order valence-corrected chi connectivity index (χ2v) is 4.68. The van der Waals surface area contributed by atoms with Gasteiger partial charge < -0.3 is 4.74 Å². The number of hydrogen-bond donors (Lipinski definition) is 0. The van der Waals surface area contributed by atoms with E-state index >= 15 is 0 Å². The molecule has 0 aromatic heterocycles. The molecular formula is C16H13F2NO. The first kappa shape index (κ1) is 12.8. The van der Waals surface area contributed by atoms with E-state index in [-0.39, 0.29) is 17.9 Å². The van der Waals surface area contributed by atoms with Crippen molar-refractivity contribution >= 4 is 11.6 Å². The summed E-state index contributed by atoms with van der Waals surface area (Å²) in [6, 6.07) is 13.3. The maximum atomic E-state index is 14.5. The fourth-order valence-electron chi connectivity index (χ4n) is 2.42. The molecule has 1 aliphatic heterocycles. The second-order valence-electron chi connectivity index (χ2n) is 4.68. The lowest BCUT2D eigenvalue weighted by Crippen LogP contribution is -2.23. The van der Waals surface area contributed by atoms with E-state index in [1.54, 1.807) is 42.5 Å². The number of hydrogen-bond acceptors (Lipinski definition) is 2. The lowest BCUT2D eigenvalue weighted by molar-refractivity contribution is -0.00422. The maximum Gasteiger partial charge on any atom is 0.278 e.